The van der Waals surface area contributed by atoms with Crippen molar-refractivity contribution in [3.05, 3.63) is 70.9 Å². The fourth-order valence-electron chi connectivity index (χ4n) is 4.30. The summed E-state index contributed by atoms with van der Waals surface area (Å²) in [5.74, 6) is 0. The summed E-state index contributed by atoms with van der Waals surface area (Å²) in [5.41, 5.74) is 7.30. The van der Waals surface area contributed by atoms with E-state index in [0.29, 0.717) is 0 Å². The third-order valence-electron chi connectivity index (χ3n) is 5.23. The number of benzene rings is 2. The Hall–Kier alpha value is -2.06. The Bertz CT molecular complexity index is 819. The van der Waals surface area contributed by atoms with E-state index in [4.69, 9.17) is 0 Å². The second-order valence-electron chi connectivity index (χ2n) is 6.41. The largest absolute Gasteiger partial charge is 0.357 e. The third kappa shape index (κ3) is 1.51. The molecule has 104 valence electrons. The van der Waals surface area contributed by atoms with Gasteiger partial charge in [0.25, 0.3) is 0 Å². The highest BCUT2D eigenvalue weighted by Crippen LogP contribution is 2.42. The molecule has 2 N–H and O–H groups in total. The number of aromatic amines is 1. The van der Waals surface area contributed by atoms with Gasteiger partial charge in [0.1, 0.15) is 0 Å². The van der Waals surface area contributed by atoms with Gasteiger partial charge in [-0.25, -0.2) is 0 Å². The predicted molar refractivity (Wildman–Crippen MR) is 85.5 cm³/mol. The molecule has 1 aromatic heterocycles. The molecule has 5 rings (SSSR count). The van der Waals surface area contributed by atoms with E-state index >= 15 is 0 Å². The molecule has 21 heavy (non-hydrogen) atoms. The highest BCUT2D eigenvalue weighted by molar-refractivity contribution is 5.85. The summed E-state index contributed by atoms with van der Waals surface area (Å²) in [6, 6.07) is 17.6. The molecule has 2 heteroatoms. The first-order chi connectivity index (χ1) is 10.4. The van der Waals surface area contributed by atoms with Gasteiger partial charge in [0, 0.05) is 23.1 Å². The maximum absolute atomic E-state index is 3.83. The first kappa shape index (κ1) is 11.6. The standard InChI is InChI=1S/C19H18N2/c1-2-6-14-12-19(11-13(14)5-1)18-16(9-10-20-19)15-7-3-4-8-17(15)21-18/h1-8,20-21H,9-12H2. The van der Waals surface area contributed by atoms with Crippen LogP contribution in [0.5, 0.6) is 0 Å². The van der Waals surface area contributed by atoms with Crippen molar-refractivity contribution >= 4 is 10.9 Å². The number of nitrogens with one attached hydrogen (secondary N) is 2. The lowest BCUT2D eigenvalue weighted by Crippen LogP contribution is -2.48. The van der Waals surface area contributed by atoms with Gasteiger partial charge < -0.3 is 10.3 Å². The normalized spacial score (nSPS) is 18.9. The monoisotopic (exact) mass is 274 g/mol. The van der Waals surface area contributed by atoms with Crippen LogP contribution in [0.25, 0.3) is 10.9 Å². The maximum Gasteiger partial charge on any atom is 0.0671 e. The van der Waals surface area contributed by atoms with Crippen molar-refractivity contribution in [3.8, 4) is 0 Å². The Kier molecular flexibility index (Phi) is 2.20. The van der Waals surface area contributed by atoms with Crippen molar-refractivity contribution in [2.45, 2.75) is 24.8 Å². The van der Waals surface area contributed by atoms with Crippen LogP contribution >= 0.6 is 0 Å². The molecule has 0 saturated carbocycles. The number of rotatable bonds is 0. The lowest BCUT2D eigenvalue weighted by atomic mass is 9.84. The van der Waals surface area contributed by atoms with Crippen LogP contribution in [0.4, 0.5) is 0 Å². The van der Waals surface area contributed by atoms with Crippen LogP contribution in [-0.2, 0) is 24.8 Å². The van der Waals surface area contributed by atoms with Crippen LogP contribution in [0, 0.1) is 0 Å². The zero-order chi connectivity index (χ0) is 13.9. The summed E-state index contributed by atoms with van der Waals surface area (Å²) < 4.78 is 0. The fraction of sp³-hybridized carbons (Fsp3) is 0.263. The van der Waals surface area contributed by atoms with E-state index in [1.165, 1.54) is 33.3 Å². The number of hydrogen-bond donors (Lipinski definition) is 2. The van der Waals surface area contributed by atoms with Crippen molar-refractivity contribution in [2.75, 3.05) is 6.54 Å². The molecular formula is C19H18N2. The number of fused-ring (bicyclic) bond motifs is 5. The van der Waals surface area contributed by atoms with Crippen LogP contribution < -0.4 is 5.32 Å². The molecule has 2 heterocycles. The number of para-hydroxylation sites is 1. The summed E-state index contributed by atoms with van der Waals surface area (Å²) in [7, 11) is 0. The maximum atomic E-state index is 3.83. The van der Waals surface area contributed by atoms with Crippen LogP contribution in [-0.4, -0.2) is 11.5 Å². The predicted octanol–water partition coefficient (Wildman–Crippen LogP) is 3.31. The van der Waals surface area contributed by atoms with Gasteiger partial charge in [-0.2, -0.15) is 0 Å². The second-order valence-corrected chi connectivity index (χ2v) is 6.41. The van der Waals surface area contributed by atoms with Gasteiger partial charge in [0.2, 0.25) is 0 Å². The van der Waals surface area contributed by atoms with Gasteiger partial charge in [-0.1, -0.05) is 42.5 Å². The van der Waals surface area contributed by atoms with E-state index in [-0.39, 0.29) is 5.54 Å². The fourth-order valence-corrected chi connectivity index (χ4v) is 4.30. The Morgan fingerprint density at radius 3 is 2.38 bits per heavy atom. The van der Waals surface area contributed by atoms with E-state index in [2.05, 4.69) is 58.8 Å². The van der Waals surface area contributed by atoms with Gasteiger partial charge in [-0.05, 0) is 42.0 Å². The average molecular weight is 274 g/mol. The molecule has 2 aromatic carbocycles. The zero-order valence-corrected chi connectivity index (χ0v) is 11.9. The minimum atomic E-state index is 0.0797. The molecule has 0 unspecified atom stereocenters. The first-order valence-corrected chi connectivity index (χ1v) is 7.78. The third-order valence-corrected chi connectivity index (χ3v) is 5.23. The summed E-state index contributed by atoms with van der Waals surface area (Å²) in [4.78, 5) is 3.72. The van der Waals surface area contributed by atoms with Crippen LogP contribution in [0.1, 0.15) is 22.4 Å². The number of H-pyrrole nitrogens is 1. The molecule has 1 aliphatic heterocycles. The van der Waals surface area contributed by atoms with E-state index in [1.54, 1.807) is 0 Å². The average Bonchev–Trinajstić information content (AvgIpc) is 3.07. The van der Waals surface area contributed by atoms with Crippen molar-refractivity contribution in [1.82, 2.24) is 10.3 Å². The van der Waals surface area contributed by atoms with Gasteiger partial charge in [0.15, 0.2) is 0 Å². The molecule has 1 aliphatic carbocycles. The minimum absolute atomic E-state index is 0.0797. The van der Waals surface area contributed by atoms with Crippen molar-refractivity contribution in [3.63, 3.8) is 0 Å². The Labute approximate surface area is 124 Å². The molecule has 2 aliphatic rings. The molecule has 0 atom stereocenters. The van der Waals surface area contributed by atoms with Crippen molar-refractivity contribution < 1.29 is 0 Å². The number of aromatic nitrogens is 1. The van der Waals surface area contributed by atoms with Crippen molar-refractivity contribution in [2.24, 2.45) is 0 Å². The lowest BCUT2D eigenvalue weighted by molar-refractivity contribution is 0.324. The molecule has 0 amide bonds. The number of hydrogen-bond acceptors (Lipinski definition) is 1. The van der Waals surface area contributed by atoms with Crippen LogP contribution in [0.2, 0.25) is 0 Å². The van der Waals surface area contributed by atoms with E-state index in [9.17, 15) is 0 Å². The summed E-state index contributed by atoms with van der Waals surface area (Å²) in [5, 5.41) is 5.23. The van der Waals surface area contributed by atoms with Crippen molar-refractivity contribution in [1.29, 1.82) is 0 Å². The SMILES string of the molecule is c1ccc2c(c1)CC1(C2)NCCc2c1[nH]c1ccccc21. The van der Waals surface area contributed by atoms with Gasteiger partial charge in [-0.15, -0.1) is 0 Å². The Morgan fingerprint density at radius 2 is 1.57 bits per heavy atom. The molecule has 1 spiro atoms. The van der Waals surface area contributed by atoms with Gasteiger partial charge in [0.05, 0.1) is 5.54 Å². The molecule has 0 radical (unpaired) electrons. The van der Waals surface area contributed by atoms with E-state index in [0.717, 1.165) is 25.8 Å². The van der Waals surface area contributed by atoms with E-state index < -0.39 is 0 Å². The Balaban J connectivity index is 1.73. The van der Waals surface area contributed by atoms with Crippen LogP contribution in [0.15, 0.2) is 48.5 Å². The highest BCUT2D eigenvalue weighted by atomic mass is 15.0. The second kappa shape index (κ2) is 3.99. The zero-order valence-electron chi connectivity index (χ0n) is 11.9. The topological polar surface area (TPSA) is 27.8 Å². The van der Waals surface area contributed by atoms with Gasteiger partial charge in [-0.3, -0.25) is 0 Å². The first-order valence-electron chi connectivity index (χ1n) is 7.78. The molecule has 0 bridgehead atoms. The molecule has 2 nitrogen and oxygen atoms in total. The Morgan fingerprint density at radius 1 is 0.857 bits per heavy atom. The smallest absolute Gasteiger partial charge is 0.0671 e. The molecule has 0 fully saturated rings. The minimum Gasteiger partial charge on any atom is -0.357 e. The molecule has 3 aromatic rings. The van der Waals surface area contributed by atoms with Gasteiger partial charge >= 0.3 is 0 Å². The lowest BCUT2D eigenvalue weighted by Gasteiger charge is -2.35. The van der Waals surface area contributed by atoms with Crippen LogP contribution in [0.3, 0.4) is 0 Å². The molecular weight excluding hydrogens is 256 g/mol. The van der Waals surface area contributed by atoms with E-state index in [1.807, 2.05) is 0 Å². The summed E-state index contributed by atoms with van der Waals surface area (Å²) in [6.45, 7) is 1.07. The molecule has 0 saturated heterocycles. The quantitative estimate of drug-likeness (QED) is 0.647. The summed E-state index contributed by atoms with van der Waals surface area (Å²) in [6.07, 6.45) is 3.32. The highest BCUT2D eigenvalue weighted by Gasteiger charge is 2.43. The summed E-state index contributed by atoms with van der Waals surface area (Å²) >= 11 is 0.